The molecule has 32 heavy (non-hydrogen) atoms. The van der Waals surface area contributed by atoms with Crippen molar-refractivity contribution in [2.45, 2.75) is 25.7 Å². The molecule has 5 rings (SSSR count). The molecule has 2 aromatic carbocycles. The fraction of sp³-hybridized carbons (Fsp3) is 0.138. The Morgan fingerprint density at radius 2 is 1.12 bits per heavy atom. The first-order valence-corrected chi connectivity index (χ1v) is 10.9. The van der Waals surface area contributed by atoms with Crippen LogP contribution in [0.5, 0.6) is 0 Å². The van der Waals surface area contributed by atoms with E-state index < -0.39 is 0 Å². The Kier molecular flexibility index (Phi) is 9.41. The van der Waals surface area contributed by atoms with Crippen molar-refractivity contribution >= 4 is 0 Å². The van der Waals surface area contributed by atoms with Crippen LogP contribution in [0.15, 0.2) is 115 Å². The number of nitrogens with zero attached hydrogens (tertiary/aromatic N) is 2. The minimum Gasteiger partial charge on any atom is -0.655 e. The Hall–Kier alpha value is -3.03. The van der Waals surface area contributed by atoms with Crippen molar-refractivity contribution in [3.63, 3.8) is 0 Å². The van der Waals surface area contributed by atoms with E-state index in [9.17, 15) is 0 Å². The van der Waals surface area contributed by atoms with Gasteiger partial charge in [0.1, 0.15) is 0 Å². The molecule has 3 heteroatoms. The minimum absolute atomic E-state index is 0. The maximum atomic E-state index is 4.86. The number of benzene rings is 2. The van der Waals surface area contributed by atoms with Crippen LogP contribution in [0.3, 0.4) is 0 Å². The number of pyridine rings is 1. The Morgan fingerprint density at radius 1 is 0.594 bits per heavy atom. The quantitative estimate of drug-likeness (QED) is 0.210. The largest absolute Gasteiger partial charge is 0.655 e. The Bertz CT molecular complexity index is 1030. The second kappa shape index (κ2) is 12.7. The summed E-state index contributed by atoms with van der Waals surface area (Å²) in [5.74, 6) is 0. The molecule has 0 aliphatic heterocycles. The van der Waals surface area contributed by atoms with Gasteiger partial charge >= 0.3 is 0 Å². The van der Waals surface area contributed by atoms with E-state index in [4.69, 9.17) is 4.98 Å². The normalized spacial score (nSPS) is 14.6. The summed E-state index contributed by atoms with van der Waals surface area (Å²) in [5, 5.41) is 0. The van der Waals surface area contributed by atoms with Gasteiger partial charge in [-0.3, -0.25) is 4.98 Å². The predicted octanol–water partition coefficient (Wildman–Crippen LogP) is 7.71. The molecule has 2 aromatic heterocycles. The van der Waals surface area contributed by atoms with E-state index in [1.807, 2.05) is 54.6 Å². The average molecular weight is 506 g/mol. The maximum absolute atomic E-state index is 4.86. The molecule has 0 spiro atoms. The fourth-order valence-electron chi connectivity index (χ4n) is 3.57. The molecule has 0 fully saturated rings. The first-order valence-electron chi connectivity index (χ1n) is 10.9. The third-order valence-electron chi connectivity index (χ3n) is 5.16. The van der Waals surface area contributed by atoms with Gasteiger partial charge in [-0.05, 0) is 54.5 Å². The Morgan fingerprint density at radius 3 is 1.66 bits per heavy atom. The molecule has 2 heterocycles. The predicted molar refractivity (Wildman–Crippen MR) is 131 cm³/mol. The number of allylic oxidation sites excluding steroid dienone is 4. The third-order valence-corrected chi connectivity index (χ3v) is 5.16. The zero-order valence-corrected chi connectivity index (χ0v) is 19.7. The van der Waals surface area contributed by atoms with Crippen LogP contribution in [0, 0.1) is 0 Å². The maximum Gasteiger partial charge on any atom is 0.0489 e. The summed E-state index contributed by atoms with van der Waals surface area (Å²) in [6, 6.07) is 28.7. The van der Waals surface area contributed by atoms with Gasteiger partial charge in [0, 0.05) is 31.4 Å². The van der Waals surface area contributed by atoms with E-state index in [1.165, 1.54) is 25.7 Å². The first-order chi connectivity index (χ1) is 15.4. The van der Waals surface area contributed by atoms with Gasteiger partial charge in [0.25, 0.3) is 0 Å². The summed E-state index contributed by atoms with van der Waals surface area (Å²) in [6.07, 6.45) is 15.8. The van der Waals surface area contributed by atoms with Crippen molar-refractivity contribution < 1.29 is 19.5 Å². The van der Waals surface area contributed by atoms with E-state index in [-0.39, 0.29) is 19.5 Å². The monoisotopic (exact) mass is 506 g/mol. The molecule has 0 unspecified atom stereocenters. The van der Waals surface area contributed by atoms with Gasteiger partial charge in [0.05, 0.1) is 0 Å². The van der Waals surface area contributed by atoms with Crippen molar-refractivity contribution in [3.05, 3.63) is 115 Å². The fourth-order valence-corrected chi connectivity index (χ4v) is 3.57. The van der Waals surface area contributed by atoms with E-state index >= 15 is 0 Å². The topological polar surface area (TPSA) is 27.0 Å². The van der Waals surface area contributed by atoms with Gasteiger partial charge < -0.3 is 4.98 Å². The molecule has 0 saturated heterocycles. The van der Waals surface area contributed by atoms with Gasteiger partial charge in [0.15, 0.2) is 0 Å². The minimum atomic E-state index is 0. The van der Waals surface area contributed by atoms with Crippen molar-refractivity contribution in [2.75, 3.05) is 0 Å². The van der Waals surface area contributed by atoms with Crippen LogP contribution in [0.2, 0.25) is 0 Å². The molecule has 0 atom stereocenters. The number of hydrogen-bond acceptors (Lipinski definition) is 1. The Labute approximate surface area is 203 Å². The van der Waals surface area contributed by atoms with Gasteiger partial charge in [-0.1, -0.05) is 97.1 Å². The molecule has 0 amide bonds. The number of rotatable bonds is 3. The van der Waals surface area contributed by atoms with Crippen molar-refractivity contribution in [2.24, 2.45) is 0 Å². The molecule has 2 nitrogen and oxygen atoms in total. The zero-order valence-electron chi connectivity index (χ0n) is 18.0. The second-order valence-corrected chi connectivity index (χ2v) is 7.45. The van der Waals surface area contributed by atoms with E-state index in [1.54, 1.807) is 6.20 Å². The standard InChI is InChI=1S/C21H15N2.C8H12.Rh/c1-3-9-16(10-4-1)18-15-20(17-11-5-2-6-12-17)23-21(18)19-13-7-8-14-22-19;1-2-4-6-8-7-5-3-1;/h1-15H;1-2,7-8H,3-6H2;/q-1;;/b;2-1-,8-7-;. The molecular weight excluding hydrogens is 479 g/mol. The summed E-state index contributed by atoms with van der Waals surface area (Å²) in [5.41, 5.74) is 6.19. The molecule has 1 aliphatic rings. The van der Waals surface area contributed by atoms with Crippen molar-refractivity contribution in [1.82, 2.24) is 9.97 Å². The average Bonchev–Trinajstić information content (AvgIpc) is 3.27. The molecule has 163 valence electrons. The molecule has 4 aromatic rings. The van der Waals surface area contributed by atoms with Crippen LogP contribution in [0.25, 0.3) is 33.8 Å². The van der Waals surface area contributed by atoms with E-state index in [0.29, 0.717) is 0 Å². The van der Waals surface area contributed by atoms with Crippen LogP contribution in [0.4, 0.5) is 0 Å². The van der Waals surface area contributed by atoms with Gasteiger partial charge in [-0.2, -0.15) is 0 Å². The van der Waals surface area contributed by atoms with Gasteiger partial charge in [0.2, 0.25) is 0 Å². The Balaban J connectivity index is 0.000000274. The van der Waals surface area contributed by atoms with Crippen LogP contribution < -0.4 is 4.98 Å². The van der Waals surface area contributed by atoms with E-state index in [2.05, 4.69) is 59.6 Å². The second-order valence-electron chi connectivity index (χ2n) is 7.45. The molecular formula is C29H27N2Rh-. The summed E-state index contributed by atoms with van der Waals surface area (Å²) in [4.78, 5) is 9.34. The van der Waals surface area contributed by atoms with Crippen LogP contribution in [0.1, 0.15) is 25.7 Å². The zero-order chi connectivity index (χ0) is 21.1. The SMILES string of the molecule is C1=C\CC/C=C\CC/1.[Rh].c1ccc(-c2cc(-c3ccccc3)c(-c3ccccn3)[n-]2)cc1. The summed E-state index contributed by atoms with van der Waals surface area (Å²) in [7, 11) is 0. The number of hydrogen-bond donors (Lipinski definition) is 0. The van der Waals surface area contributed by atoms with Gasteiger partial charge in [-0.15, -0.1) is 11.4 Å². The summed E-state index contributed by atoms with van der Waals surface area (Å²) >= 11 is 0. The summed E-state index contributed by atoms with van der Waals surface area (Å²) in [6.45, 7) is 0. The molecule has 0 saturated carbocycles. The van der Waals surface area contributed by atoms with Crippen LogP contribution >= 0.6 is 0 Å². The van der Waals surface area contributed by atoms with Crippen LogP contribution in [-0.4, -0.2) is 4.98 Å². The smallest absolute Gasteiger partial charge is 0.0489 e. The number of aromatic nitrogens is 2. The molecule has 0 bridgehead atoms. The first kappa shape index (κ1) is 23.6. The summed E-state index contributed by atoms with van der Waals surface area (Å²) < 4.78 is 0. The molecule has 0 N–H and O–H groups in total. The third kappa shape index (κ3) is 6.48. The van der Waals surface area contributed by atoms with Crippen molar-refractivity contribution in [3.8, 4) is 33.8 Å². The van der Waals surface area contributed by atoms with Gasteiger partial charge in [-0.25, -0.2) is 0 Å². The molecule has 1 aliphatic carbocycles. The van der Waals surface area contributed by atoms with Crippen molar-refractivity contribution in [1.29, 1.82) is 0 Å². The molecule has 1 radical (unpaired) electrons. The van der Waals surface area contributed by atoms with E-state index in [0.717, 1.165) is 33.8 Å². The van der Waals surface area contributed by atoms with Crippen LogP contribution in [-0.2, 0) is 19.5 Å².